The summed E-state index contributed by atoms with van der Waals surface area (Å²) in [5, 5.41) is 7.55. The minimum atomic E-state index is -0.0222. The van der Waals surface area contributed by atoms with Crippen LogP contribution in [0.4, 0.5) is 5.69 Å². The van der Waals surface area contributed by atoms with Crippen LogP contribution < -0.4 is 15.8 Å². The summed E-state index contributed by atoms with van der Waals surface area (Å²) in [4.78, 5) is 14.6. The lowest BCUT2D eigenvalue weighted by molar-refractivity contribution is 0.538. The fourth-order valence-corrected chi connectivity index (χ4v) is 3.26. The third kappa shape index (κ3) is 3.23. The van der Waals surface area contributed by atoms with E-state index >= 15 is 0 Å². The summed E-state index contributed by atoms with van der Waals surface area (Å²) in [6.45, 7) is 4.73. The van der Waals surface area contributed by atoms with Crippen LogP contribution >= 0.6 is 15.9 Å². The van der Waals surface area contributed by atoms with Crippen LogP contribution in [0, 0.1) is 0 Å². The van der Waals surface area contributed by atoms with Crippen molar-refractivity contribution in [2.24, 2.45) is 0 Å². The molecule has 1 N–H and O–H groups in total. The molecule has 1 aromatic heterocycles. The Bertz CT molecular complexity index is 502. The predicted octanol–water partition coefficient (Wildman–Crippen LogP) is 1.99. The van der Waals surface area contributed by atoms with Gasteiger partial charge >= 0.3 is 0 Å². The number of aryl methyl sites for hydroxylation is 1. The van der Waals surface area contributed by atoms with Gasteiger partial charge in [-0.25, -0.2) is 4.68 Å². The lowest BCUT2D eigenvalue weighted by atomic mass is 10.2. The van der Waals surface area contributed by atoms with Gasteiger partial charge in [-0.3, -0.25) is 4.79 Å². The number of hydrogen-bond donors (Lipinski definition) is 1. The SMILES string of the molecule is CCCCn1ncc(N2CCCC2CNC)c(Br)c1=O. The maximum atomic E-state index is 12.3. The topological polar surface area (TPSA) is 50.2 Å². The van der Waals surface area contributed by atoms with Crippen LogP contribution in [0.3, 0.4) is 0 Å². The predicted molar refractivity (Wildman–Crippen MR) is 85.4 cm³/mol. The van der Waals surface area contributed by atoms with Gasteiger partial charge in [0.25, 0.3) is 5.56 Å². The van der Waals surface area contributed by atoms with Crippen LogP contribution in [-0.2, 0) is 6.54 Å². The number of nitrogens with one attached hydrogen (secondary N) is 1. The quantitative estimate of drug-likeness (QED) is 0.858. The van der Waals surface area contributed by atoms with E-state index in [4.69, 9.17) is 0 Å². The van der Waals surface area contributed by atoms with Gasteiger partial charge in [0.15, 0.2) is 0 Å². The number of nitrogens with zero attached hydrogens (tertiary/aromatic N) is 3. The molecule has 0 radical (unpaired) electrons. The first-order valence-corrected chi connectivity index (χ1v) is 8.15. The molecule has 6 heteroatoms. The fourth-order valence-electron chi connectivity index (χ4n) is 2.72. The van der Waals surface area contributed by atoms with Gasteiger partial charge in [0, 0.05) is 25.7 Å². The Morgan fingerprint density at radius 1 is 1.55 bits per heavy atom. The molecule has 0 amide bonds. The lowest BCUT2D eigenvalue weighted by Gasteiger charge is -2.27. The van der Waals surface area contributed by atoms with E-state index in [0.717, 1.165) is 44.5 Å². The van der Waals surface area contributed by atoms with Crippen molar-refractivity contribution in [1.82, 2.24) is 15.1 Å². The van der Waals surface area contributed by atoms with Crippen molar-refractivity contribution in [1.29, 1.82) is 0 Å². The van der Waals surface area contributed by atoms with Crippen LogP contribution in [0.1, 0.15) is 32.6 Å². The summed E-state index contributed by atoms with van der Waals surface area (Å²) in [5.74, 6) is 0. The van der Waals surface area contributed by atoms with Crippen molar-refractivity contribution in [3.8, 4) is 0 Å². The minimum absolute atomic E-state index is 0.0222. The molecule has 1 unspecified atom stereocenters. The molecule has 2 rings (SSSR count). The highest BCUT2D eigenvalue weighted by atomic mass is 79.9. The molecule has 0 bridgehead atoms. The molecule has 0 spiro atoms. The van der Waals surface area contributed by atoms with E-state index in [2.05, 4.69) is 38.2 Å². The average molecular weight is 343 g/mol. The zero-order valence-corrected chi connectivity index (χ0v) is 13.8. The van der Waals surface area contributed by atoms with E-state index in [1.807, 2.05) is 13.2 Å². The fraction of sp³-hybridized carbons (Fsp3) is 0.714. The molecule has 5 nitrogen and oxygen atoms in total. The molecule has 1 fully saturated rings. The summed E-state index contributed by atoms with van der Waals surface area (Å²) in [7, 11) is 1.96. The second kappa shape index (κ2) is 7.22. The maximum Gasteiger partial charge on any atom is 0.283 e. The van der Waals surface area contributed by atoms with Crippen molar-refractivity contribution >= 4 is 21.6 Å². The first kappa shape index (κ1) is 15.5. The standard InChI is InChI=1S/C14H23BrN4O/c1-3-4-8-19-14(20)13(15)12(10-17-19)18-7-5-6-11(18)9-16-2/h10-11,16H,3-9H2,1-2H3. The third-order valence-corrected chi connectivity index (χ3v) is 4.56. The van der Waals surface area contributed by atoms with Gasteiger partial charge in [0.1, 0.15) is 4.47 Å². The van der Waals surface area contributed by atoms with Gasteiger partial charge in [0.2, 0.25) is 0 Å². The number of rotatable bonds is 6. The van der Waals surface area contributed by atoms with Crippen molar-refractivity contribution in [2.75, 3.05) is 25.0 Å². The number of likely N-dealkylation sites (N-methyl/N-ethyl adjacent to an activating group) is 1. The molecule has 1 atom stereocenters. The molecule has 20 heavy (non-hydrogen) atoms. The molecule has 0 aromatic carbocycles. The van der Waals surface area contributed by atoms with E-state index in [1.165, 1.54) is 0 Å². The number of halogens is 1. The second-order valence-corrected chi connectivity index (χ2v) is 6.07. The van der Waals surface area contributed by atoms with E-state index in [0.29, 0.717) is 17.1 Å². The van der Waals surface area contributed by atoms with E-state index < -0.39 is 0 Å². The first-order valence-electron chi connectivity index (χ1n) is 7.36. The van der Waals surface area contributed by atoms with Crippen LogP contribution in [0.25, 0.3) is 0 Å². The Labute approximate surface area is 128 Å². The van der Waals surface area contributed by atoms with E-state index in [-0.39, 0.29) is 5.56 Å². The third-order valence-electron chi connectivity index (χ3n) is 3.82. The smallest absolute Gasteiger partial charge is 0.283 e. The molecular weight excluding hydrogens is 320 g/mol. The van der Waals surface area contributed by atoms with Crippen LogP contribution in [0.2, 0.25) is 0 Å². The van der Waals surface area contributed by atoms with Gasteiger partial charge in [-0.1, -0.05) is 13.3 Å². The zero-order valence-electron chi connectivity index (χ0n) is 12.2. The van der Waals surface area contributed by atoms with Gasteiger partial charge in [-0.05, 0) is 42.2 Å². The lowest BCUT2D eigenvalue weighted by Crippen LogP contribution is -2.38. The Hall–Kier alpha value is -0.880. The second-order valence-electron chi connectivity index (χ2n) is 5.27. The highest BCUT2D eigenvalue weighted by Gasteiger charge is 2.26. The van der Waals surface area contributed by atoms with Crippen molar-refractivity contribution in [3.05, 3.63) is 21.0 Å². The van der Waals surface area contributed by atoms with Crippen molar-refractivity contribution in [3.63, 3.8) is 0 Å². The number of hydrogen-bond acceptors (Lipinski definition) is 4. The minimum Gasteiger partial charge on any atom is -0.365 e. The average Bonchev–Trinajstić information content (AvgIpc) is 2.89. The Balaban J connectivity index is 2.24. The van der Waals surface area contributed by atoms with Crippen LogP contribution in [-0.4, -0.2) is 36.0 Å². The molecule has 0 aliphatic carbocycles. The van der Waals surface area contributed by atoms with E-state index in [1.54, 1.807) is 4.68 Å². The summed E-state index contributed by atoms with van der Waals surface area (Å²) < 4.78 is 2.20. The van der Waals surface area contributed by atoms with Gasteiger partial charge in [-0.2, -0.15) is 5.10 Å². The van der Waals surface area contributed by atoms with Gasteiger partial charge in [-0.15, -0.1) is 0 Å². The molecule has 2 heterocycles. The van der Waals surface area contributed by atoms with Crippen LogP contribution in [0.5, 0.6) is 0 Å². The molecule has 112 valence electrons. The monoisotopic (exact) mass is 342 g/mol. The summed E-state index contributed by atoms with van der Waals surface area (Å²) in [6, 6.07) is 0.448. The molecule has 1 aliphatic heterocycles. The Morgan fingerprint density at radius 2 is 2.35 bits per heavy atom. The molecular formula is C14H23BrN4O. The largest absolute Gasteiger partial charge is 0.365 e. The summed E-state index contributed by atoms with van der Waals surface area (Å²) in [6.07, 6.45) is 6.19. The number of anilines is 1. The normalized spacial score (nSPS) is 18.8. The Morgan fingerprint density at radius 3 is 3.05 bits per heavy atom. The Kier molecular flexibility index (Phi) is 5.60. The van der Waals surface area contributed by atoms with Crippen LogP contribution in [0.15, 0.2) is 15.5 Å². The number of aromatic nitrogens is 2. The molecule has 1 aliphatic rings. The maximum absolute atomic E-state index is 12.3. The van der Waals surface area contributed by atoms with E-state index in [9.17, 15) is 4.79 Å². The molecule has 0 saturated carbocycles. The molecule has 1 saturated heterocycles. The number of unbranched alkanes of at least 4 members (excludes halogenated alkanes) is 1. The molecule has 1 aromatic rings. The highest BCUT2D eigenvalue weighted by Crippen LogP contribution is 2.29. The summed E-state index contributed by atoms with van der Waals surface area (Å²) >= 11 is 3.48. The van der Waals surface area contributed by atoms with Gasteiger partial charge < -0.3 is 10.2 Å². The highest BCUT2D eigenvalue weighted by molar-refractivity contribution is 9.10. The van der Waals surface area contributed by atoms with Crippen molar-refractivity contribution in [2.45, 2.75) is 45.2 Å². The first-order chi connectivity index (χ1) is 9.69. The van der Waals surface area contributed by atoms with Gasteiger partial charge in [0.05, 0.1) is 11.9 Å². The summed E-state index contributed by atoms with van der Waals surface area (Å²) in [5.41, 5.74) is 0.909. The van der Waals surface area contributed by atoms with Crippen molar-refractivity contribution < 1.29 is 0 Å². The zero-order chi connectivity index (χ0) is 14.5.